The molecule has 236 valence electrons. The number of hydrogen-bond donors (Lipinski definition) is 0. The number of carbonyl (C=O) groups excluding carboxylic acids is 1. The lowest BCUT2D eigenvalue weighted by Crippen LogP contribution is -2.32. The van der Waals surface area contributed by atoms with E-state index in [1.165, 1.54) is 14.7 Å². The van der Waals surface area contributed by atoms with E-state index in [0.717, 1.165) is 25.0 Å². The first-order valence-electron chi connectivity index (χ1n) is 14.7. The molecule has 0 aliphatic rings. The van der Waals surface area contributed by atoms with Gasteiger partial charge in [0.15, 0.2) is 5.78 Å². The molecule has 6 aromatic rings. The fourth-order valence-electron chi connectivity index (χ4n) is 4.82. The molecule has 47 heavy (non-hydrogen) atoms. The van der Waals surface area contributed by atoms with Crippen molar-refractivity contribution in [1.82, 2.24) is 0 Å². The van der Waals surface area contributed by atoms with Gasteiger partial charge in [0.2, 0.25) is 5.79 Å². The first-order valence-corrected chi connectivity index (χ1v) is 17.9. The molecule has 6 aromatic carbocycles. The van der Waals surface area contributed by atoms with Gasteiger partial charge in [0.05, 0.1) is 0 Å². The van der Waals surface area contributed by atoms with Crippen molar-refractivity contribution in [2.24, 2.45) is 0 Å². The van der Waals surface area contributed by atoms with Gasteiger partial charge in [-0.2, -0.15) is 0 Å². The number of rotatable bonds is 10. The van der Waals surface area contributed by atoms with Crippen LogP contribution in [0.25, 0.3) is 0 Å². The zero-order valence-corrected chi connectivity index (χ0v) is 30.6. The van der Waals surface area contributed by atoms with E-state index in [4.69, 9.17) is 9.47 Å². The zero-order chi connectivity index (χ0) is 33.1. The number of benzene rings is 6. The first-order chi connectivity index (χ1) is 22.9. The topological polar surface area (TPSA) is 35.5 Å². The number of ether oxygens (including phenoxy) is 2. The normalized spacial score (nSPS) is 11.0. The summed E-state index contributed by atoms with van der Waals surface area (Å²) in [7, 11) is 3.33. The van der Waals surface area contributed by atoms with E-state index in [9.17, 15) is 4.79 Å². The Morgan fingerprint density at radius 2 is 0.787 bits per heavy atom. The van der Waals surface area contributed by atoms with Crippen LogP contribution in [0.3, 0.4) is 0 Å². The third-order valence-corrected chi connectivity index (χ3v) is 10.3. The highest BCUT2D eigenvalue weighted by atomic mass is 79.9. The summed E-state index contributed by atoms with van der Waals surface area (Å²) in [6.45, 7) is 0. The van der Waals surface area contributed by atoms with E-state index < -0.39 is 5.79 Å². The summed E-state index contributed by atoms with van der Waals surface area (Å²) in [4.78, 5) is 17.1. The molecule has 7 heteroatoms. The number of carbonyl (C=O) groups is 1. The third kappa shape index (κ3) is 9.35. The summed E-state index contributed by atoms with van der Waals surface area (Å²) in [6, 6.07) is 52.0. The van der Waals surface area contributed by atoms with E-state index in [2.05, 4.69) is 80.4 Å². The van der Waals surface area contributed by atoms with E-state index in [1.54, 1.807) is 37.7 Å². The van der Waals surface area contributed by atoms with Crippen LogP contribution in [0.2, 0.25) is 0 Å². The monoisotopic (exact) mass is 782 g/mol. The van der Waals surface area contributed by atoms with E-state index >= 15 is 0 Å². The fourth-order valence-corrected chi connectivity index (χ4v) is 7.03. The van der Waals surface area contributed by atoms with Gasteiger partial charge in [-0.05, 0) is 97.1 Å². The van der Waals surface area contributed by atoms with E-state index in [-0.39, 0.29) is 5.78 Å². The molecule has 6 rings (SSSR count). The Hall–Kier alpha value is -3.43. The number of ketones is 1. The van der Waals surface area contributed by atoms with Crippen LogP contribution in [-0.4, -0.2) is 20.0 Å². The van der Waals surface area contributed by atoms with Crippen LogP contribution < -0.4 is 0 Å². The van der Waals surface area contributed by atoms with Gasteiger partial charge < -0.3 is 9.47 Å². The molecule has 0 aromatic heterocycles. The minimum Gasteiger partial charge on any atom is -0.346 e. The molecular weight excluding hydrogens is 752 g/mol. The van der Waals surface area contributed by atoms with Crippen molar-refractivity contribution in [2.75, 3.05) is 14.2 Å². The summed E-state index contributed by atoms with van der Waals surface area (Å²) in [6.07, 6.45) is 0. The van der Waals surface area contributed by atoms with Crippen LogP contribution in [0.15, 0.2) is 186 Å². The Balaban J connectivity index is 0.000000186. The largest absolute Gasteiger partial charge is 0.346 e. The molecule has 0 atom stereocenters. The van der Waals surface area contributed by atoms with Gasteiger partial charge in [0, 0.05) is 65.0 Å². The van der Waals surface area contributed by atoms with E-state index in [1.807, 2.05) is 109 Å². The minimum atomic E-state index is -0.920. The van der Waals surface area contributed by atoms with Crippen molar-refractivity contribution in [1.29, 1.82) is 0 Å². The molecule has 0 unspecified atom stereocenters. The van der Waals surface area contributed by atoms with Crippen LogP contribution in [0.5, 0.6) is 0 Å². The van der Waals surface area contributed by atoms with Gasteiger partial charge >= 0.3 is 0 Å². The van der Waals surface area contributed by atoms with Gasteiger partial charge in [-0.25, -0.2) is 0 Å². The van der Waals surface area contributed by atoms with Crippen molar-refractivity contribution >= 4 is 61.2 Å². The second kappa shape index (κ2) is 17.1. The molecule has 0 spiro atoms. The summed E-state index contributed by atoms with van der Waals surface area (Å²) in [5, 5.41) is 0. The number of hydrogen-bond acceptors (Lipinski definition) is 5. The molecule has 0 fully saturated rings. The van der Waals surface area contributed by atoms with Gasteiger partial charge in [-0.1, -0.05) is 116 Å². The maximum Gasteiger partial charge on any atom is 0.221 e. The van der Waals surface area contributed by atoms with E-state index in [0.29, 0.717) is 11.1 Å². The third-order valence-electron chi connectivity index (χ3n) is 7.21. The molecule has 3 nitrogen and oxygen atoms in total. The van der Waals surface area contributed by atoms with Gasteiger partial charge in [0.1, 0.15) is 0 Å². The average molecular weight is 785 g/mol. The maximum absolute atomic E-state index is 12.4. The Kier molecular flexibility index (Phi) is 12.7. The number of halogens is 2. The summed E-state index contributed by atoms with van der Waals surface area (Å²) in [5.74, 6) is -0.875. The van der Waals surface area contributed by atoms with Crippen LogP contribution in [0.1, 0.15) is 27.0 Å². The van der Waals surface area contributed by atoms with Gasteiger partial charge in [-0.3, -0.25) is 4.79 Å². The molecule has 0 radical (unpaired) electrons. The molecule has 0 amide bonds. The molecule has 0 aliphatic carbocycles. The van der Waals surface area contributed by atoms with Gasteiger partial charge in [-0.15, -0.1) is 0 Å². The smallest absolute Gasteiger partial charge is 0.221 e. The Labute approximate surface area is 302 Å². The van der Waals surface area contributed by atoms with Crippen molar-refractivity contribution in [3.8, 4) is 0 Å². The molecule has 0 bridgehead atoms. The Morgan fingerprint density at radius 1 is 0.468 bits per heavy atom. The molecule has 0 heterocycles. The predicted molar refractivity (Wildman–Crippen MR) is 201 cm³/mol. The highest BCUT2D eigenvalue weighted by Crippen LogP contribution is 2.36. The standard InChI is InChI=1S/C21H19BrO2S.C19H13BrOS/c1-23-21(24-2,16-8-12-18(22)13-9-16)17-10-14-20(15-11-17)25-19-6-4-3-5-7-19;20-16-10-6-14(7-11-16)19(21)15-8-12-18(13-9-15)22-17-4-2-1-3-5-17/h3-15H,1-2H3;1-13H. The molecule has 0 aliphatic heterocycles. The molecule has 0 saturated heterocycles. The summed E-state index contributed by atoms with van der Waals surface area (Å²) >= 11 is 10.3. The molecule has 0 N–H and O–H groups in total. The van der Waals surface area contributed by atoms with Crippen LogP contribution in [-0.2, 0) is 15.3 Å². The van der Waals surface area contributed by atoms with Crippen LogP contribution in [0.4, 0.5) is 0 Å². The Bertz CT molecular complexity index is 1840. The SMILES string of the molecule is COC(OC)(c1ccc(Br)cc1)c1ccc(Sc2ccccc2)cc1.O=C(c1ccc(Br)cc1)c1ccc(Sc2ccccc2)cc1. The quantitative estimate of drug-likeness (QED) is 0.102. The lowest BCUT2D eigenvalue weighted by molar-refractivity contribution is -0.183. The summed E-state index contributed by atoms with van der Waals surface area (Å²) < 4.78 is 13.6. The van der Waals surface area contributed by atoms with Gasteiger partial charge in [0.25, 0.3) is 0 Å². The van der Waals surface area contributed by atoms with Crippen molar-refractivity contribution < 1.29 is 14.3 Å². The minimum absolute atomic E-state index is 0.0451. The highest BCUT2D eigenvalue weighted by Gasteiger charge is 2.34. The second-order valence-corrected chi connectivity index (χ2v) is 14.4. The van der Waals surface area contributed by atoms with Crippen molar-refractivity contribution in [2.45, 2.75) is 25.4 Å². The van der Waals surface area contributed by atoms with Crippen LogP contribution >= 0.6 is 55.4 Å². The lowest BCUT2D eigenvalue weighted by atomic mass is 9.97. The maximum atomic E-state index is 12.4. The second-order valence-electron chi connectivity index (χ2n) is 10.2. The fraction of sp³-hybridized carbons (Fsp3) is 0.0750. The summed E-state index contributed by atoms with van der Waals surface area (Å²) in [5.41, 5.74) is 3.31. The first kappa shape index (κ1) is 34.9. The van der Waals surface area contributed by atoms with Crippen molar-refractivity contribution in [3.05, 3.63) is 189 Å². The highest BCUT2D eigenvalue weighted by molar-refractivity contribution is 9.10. The predicted octanol–water partition coefficient (Wildman–Crippen LogP) is 11.9. The zero-order valence-electron chi connectivity index (χ0n) is 25.8. The van der Waals surface area contributed by atoms with Crippen molar-refractivity contribution in [3.63, 3.8) is 0 Å². The Morgan fingerprint density at radius 3 is 1.19 bits per heavy atom. The molecular formula is C40H32Br2O3S2. The molecule has 0 saturated carbocycles. The number of methoxy groups -OCH3 is 2. The van der Waals surface area contributed by atoms with Crippen LogP contribution in [0, 0.1) is 0 Å². The lowest BCUT2D eigenvalue weighted by Gasteiger charge is -2.32. The average Bonchev–Trinajstić information content (AvgIpc) is 3.12.